The molecule has 10 heavy (non-hydrogen) atoms. The van der Waals surface area contributed by atoms with Gasteiger partial charge >= 0.3 is 5.97 Å². The number of hydrogen-bond acceptors (Lipinski definition) is 3. The van der Waals surface area contributed by atoms with Crippen LogP contribution in [0, 0.1) is 0 Å². The molecule has 3 nitrogen and oxygen atoms in total. The summed E-state index contributed by atoms with van der Waals surface area (Å²) in [5.41, 5.74) is 0. The van der Waals surface area contributed by atoms with Gasteiger partial charge in [0.15, 0.2) is 0 Å². The van der Waals surface area contributed by atoms with E-state index in [2.05, 4.69) is 4.74 Å². The quantitative estimate of drug-likeness (QED) is 0.406. The second kappa shape index (κ2) is 4.97. The molecule has 0 radical (unpaired) electrons. The molecule has 1 aliphatic carbocycles. The van der Waals surface area contributed by atoms with Gasteiger partial charge in [0.2, 0.25) is 5.78 Å². The van der Waals surface area contributed by atoms with E-state index in [1.165, 1.54) is 26.4 Å². The number of methoxy groups -OCH3 is 1. The number of ketones is 1. The van der Waals surface area contributed by atoms with Gasteiger partial charge in [0.25, 0.3) is 0 Å². The van der Waals surface area contributed by atoms with Crippen LogP contribution in [0.1, 0.15) is 26.2 Å². The maximum atomic E-state index is 9.94. The minimum Gasteiger partial charge on any atom is -0.463 e. The molecule has 3 heteroatoms. The Balaban J connectivity index is 0.000000219. The van der Waals surface area contributed by atoms with E-state index in [-0.39, 0.29) is 0 Å². The number of esters is 1. The number of carbonyl (C=O) groups excluding carboxylic acids is 2. The number of carbonyl (C=O) groups is 2. The highest BCUT2D eigenvalue weighted by atomic mass is 16.5. The van der Waals surface area contributed by atoms with E-state index in [0.29, 0.717) is 0 Å². The first kappa shape index (κ1) is 9.14. The monoisotopic (exact) mass is 144 g/mol. The van der Waals surface area contributed by atoms with Crippen molar-refractivity contribution in [3.63, 3.8) is 0 Å². The molecule has 0 aromatic carbocycles. The summed E-state index contributed by atoms with van der Waals surface area (Å²) >= 11 is 0. The van der Waals surface area contributed by atoms with Crippen LogP contribution >= 0.6 is 0 Å². The molecule has 58 valence electrons. The molecule has 1 saturated carbocycles. The highest BCUT2D eigenvalue weighted by Crippen LogP contribution is 2.14. The van der Waals surface area contributed by atoms with Crippen molar-refractivity contribution in [3.05, 3.63) is 0 Å². The van der Waals surface area contributed by atoms with E-state index in [4.69, 9.17) is 0 Å². The summed E-state index contributed by atoms with van der Waals surface area (Å²) in [6.45, 7) is 1.16. The zero-order chi connectivity index (χ0) is 7.98. The Morgan fingerprint density at radius 2 is 1.60 bits per heavy atom. The third-order valence-electron chi connectivity index (χ3n) is 0.826. The molecule has 0 atom stereocenters. The lowest BCUT2D eigenvalue weighted by Gasteiger charge is -1.86. The van der Waals surface area contributed by atoms with Gasteiger partial charge in [-0.05, 0) is 0 Å². The minimum absolute atomic E-state index is 0.567. The summed E-state index contributed by atoms with van der Waals surface area (Å²) in [7, 11) is 1.17. The average Bonchev–Trinajstić information content (AvgIpc) is 2.70. The van der Waals surface area contributed by atoms with Crippen molar-refractivity contribution in [2.75, 3.05) is 7.11 Å². The van der Waals surface area contributed by atoms with Gasteiger partial charge < -0.3 is 4.74 Å². The molecule has 0 unspecified atom stereocenters. The van der Waals surface area contributed by atoms with Crippen LogP contribution in [0.15, 0.2) is 0 Å². The van der Waals surface area contributed by atoms with Crippen LogP contribution in [-0.4, -0.2) is 18.9 Å². The van der Waals surface area contributed by atoms with E-state index in [9.17, 15) is 9.59 Å². The summed E-state index contributed by atoms with van der Waals surface area (Å²) in [5.74, 6) is -1.36. The van der Waals surface area contributed by atoms with Crippen LogP contribution in [0.3, 0.4) is 0 Å². The molecule has 0 aliphatic heterocycles. The number of Topliss-reactive ketones (excluding diaryl/α,β-unsaturated/α-hetero) is 1. The third kappa shape index (κ3) is 7.14. The number of hydrogen-bond donors (Lipinski definition) is 0. The lowest BCUT2D eigenvalue weighted by molar-refractivity contribution is -0.150. The van der Waals surface area contributed by atoms with Gasteiger partial charge in [-0.15, -0.1) is 0 Å². The number of ether oxygens (including phenoxy) is 1. The first-order valence-corrected chi connectivity index (χ1v) is 3.27. The largest absolute Gasteiger partial charge is 0.463 e. The zero-order valence-corrected chi connectivity index (χ0v) is 6.35. The maximum Gasteiger partial charge on any atom is 0.374 e. The Labute approximate surface area is 60.4 Å². The average molecular weight is 144 g/mol. The normalized spacial score (nSPS) is 12.6. The van der Waals surface area contributed by atoms with Crippen LogP contribution < -0.4 is 0 Å². The van der Waals surface area contributed by atoms with Gasteiger partial charge in [0.05, 0.1) is 7.11 Å². The predicted molar refractivity (Wildman–Crippen MR) is 36.5 cm³/mol. The SMILES string of the molecule is C1CC1.COC(=O)C(C)=O. The molecule has 0 bridgehead atoms. The molecule has 1 fully saturated rings. The van der Waals surface area contributed by atoms with Gasteiger partial charge in [-0.1, -0.05) is 19.3 Å². The molecule has 1 aliphatic rings. The van der Waals surface area contributed by atoms with Crippen LogP contribution in [0.4, 0.5) is 0 Å². The van der Waals surface area contributed by atoms with Crippen LogP contribution in [0.25, 0.3) is 0 Å². The molecular formula is C7H12O3. The third-order valence-corrected chi connectivity index (χ3v) is 0.826. The standard InChI is InChI=1S/C4H6O3.C3H6/c1-3(5)4(6)7-2;1-2-3-1/h1-2H3;1-3H2. The second-order valence-electron chi connectivity index (χ2n) is 2.11. The second-order valence-corrected chi connectivity index (χ2v) is 2.11. The van der Waals surface area contributed by atoms with Crippen LogP contribution in [0.5, 0.6) is 0 Å². The Morgan fingerprint density at radius 1 is 1.20 bits per heavy atom. The summed E-state index contributed by atoms with van der Waals surface area (Å²) in [5, 5.41) is 0. The lowest BCUT2D eigenvalue weighted by atomic mass is 10.5. The van der Waals surface area contributed by atoms with Crippen molar-refractivity contribution in [1.82, 2.24) is 0 Å². The number of rotatable bonds is 1. The van der Waals surface area contributed by atoms with Crippen molar-refractivity contribution in [2.24, 2.45) is 0 Å². The van der Waals surface area contributed by atoms with Crippen molar-refractivity contribution < 1.29 is 14.3 Å². The van der Waals surface area contributed by atoms with Crippen LogP contribution in [-0.2, 0) is 14.3 Å². The molecule has 0 aromatic rings. The fourth-order valence-corrected chi connectivity index (χ4v) is 0.144. The molecule has 1 rings (SSSR count). The van der Waals surface area contributed by atoms with Crippen molar-refractivity contribution >= 4 is 11.8 Å². The van der Waals surface area contributed by atoms with Gasteiger partial charge in [-0.25, -0.2) is 4.79 Å². The molecule has 0 spiro atoms. The lowest BCUT2D eigenvalue weighted by Crippen LogP contribution is -2.10. The molecule has 0 heterocycles. The summed E-state index contributed by atoms with van der Waals surface area (Å²) in [4.78, 5) is 19.8. The van der Waals surface area contributed by atoms with Crippen LogP contribution in [0.2, 0.25) is 0 Å². The first-order chi connectivity index (χ1) is 4.68. The Kier molecular flexibility index (Phi) is 4.54. The van der Waals surface area contributed by atoms with E-state index < -0.39 is 11.8 Å². The Morgan fingerprint density at radius 3 is 1.60 bits per heavy atom. The van der Waals surface area contributed by atoms with E-state index >= 15 is 0 Å². The molecule has 0 aromatic heterocycles. The highest BCUT2D eigenvalue weighted by Gasteiger charge is 2.03. The van der Waals surface area contributed by atoms with E-state index in [1.54, 1.807) is 0 Å². The molecule has 0 amide bonds. The van der Waals surface area contributed by atoms with E-state index in [0.717, 1.165) is 6.92 Å². The van der Waals surface area contributed by atoms with Gasteiger partial charge in [0.1, 0.15) is 0 Å². The maximum absolute atomic E-state index is 9.94. The Hall–Kier alpha value is -0.860. The minimum atomic E-state index is -0.792. The Bertz CT molecular complexity index is 124. The smallest absolute Gasteiger partial charge is 0.374 e. The predicted octanol–water partition coefficient (Wildman–Crippen LogP) is 0.919. The molecule has 0 N–H and O–H groups in total. The highest BCUT2D eigenvalue weighted by molar-refractivity contribution is 6.32. The summed E-state index contributed by atoms with van der Waals surface area (Å²) in [6.07, 6.45) is 4.50. The summed E-state index contributed by atoms with van der Waals surface area (Å²) < 4.78 is 4.02. The first-order valence-electron chi connectivity index (χ1n) is 3.27. The molecule has 0 saturated heterocycles. The zero-order valence-electron chi connectivity index (χ0n) is 6.35. The molecular weight excluding hydrogens is 132 g/mol. The summed E-state index contributed by atoms with van der Waals surface area (Å²) in [6, 6.07) is 0. The fraction of sp³-hybridized carbons (Fsp3) is 0.714. The van der Waals surface area contributed by atoms with Crippen molar-refractivity contribution in [3.8, 4) is 0 Å². The fourth-order valence-electron chi connectivity index (χ4n) is 0.144. The van der Waals surface area contributed by atoms with Gasteiger partial charge in [0, 0.05) is 6.92 Å². The van der Waals surface area contributed by atoms with Crippen molar-refractivity contribution in [1.29, 1.82) is 0 Å². The van der Waals surface area contributed by atoms with E-state index in [1.807, 2.05) is 0 Å². The van der Waals surface area contributed by atoms with Gasteiger partial charge in [-0.2, -0.15) is 0 Å². The van der Waals surface area contributed by atoms with Crippen molar-refractivity contribution in [2.45, 2.75) is 26.2 Å². The van der Waals surface area contributed by atoms with Gasteiger partial charge in [-0.3, -0.25) is 4.79 Å². The topological polar surface area (TPSA) is 43.4 Å².